The van der Waals surface area contributed by atoms with E-state index in [1.165, 1.54) is 24.4 Å². The van der Waals surface area contributed by atoms with Gasteiger partial charge in [0, 0.05) is 32.7 Å². The van der Waals surface area contributed by atoms with E-state index in [9.17, 15) is 9.59 Å². The van der Waals surface area contributed by atoms with Crippen molar-refractivity contribution in [2.45, 2.75) is 37.9 Å². The number of amides is 2. The van der Waals surface area contributed by atoms with Crippen LogP contribution in [0.4, 0.5) is 11.4 Å². The molecule has 1 aliphatic rings. The molecule has 1 N–H and O–H groups in total. The maximum Gasteiger partial charge on any atom is 0.242 e. The van der Waals surface area contributed by atoms with Crippen molar-refractivity contribution in [1.82, 2.24) is 4.90 Å². The zero-order chi connectivity index (χ0) is 25.4. The molecule has 0 spiro atoms. The van der Waals surface area contributed by atoms with Gasteiger partial charge in [-0.05, 0) is 42.2 Å². The average Bonchev–Trinajstić information content (AvgIpc) is 3.13. The Balaban J connectivity index is 1.75. The number of nitrogens with zero attached hydrogens (tertiary/aromatic N) is 2. The molecule has 0 aliphatic carbocycles. The van der Waals surface area contributed by atoms with Crippen molar-refractivity contribution in [3.8, 4) is 11.5 Å². The van der Waals surface area contributed by atoms with Gasteiger partial charge in [-0.1, -0.05) is 37.7 Å². The Labute approximate surface area is 211 Å². The summed E-state index contributed by atoms with van der Waals surface area (Å²) >= 11 is 1.32. The summed E-state index contributed by atoms with van der Waals surface area (Å²) in [5, 5.41) is 2.89. The van der Waals surface area contributed by atoms with Crippen LogP contribution in [-0.2, 0) is 14.3 Å². The Kier molecular flexibility index (Phi) is 9.56. The maximum atomic E-state index is 13.2. The molecule has 188 valence electrons. The molecule has 9 heteroatoms. The number of carbonyl (C=O) groups excluding carboxylic acids is 2. The van der Waals surface area contributed by atoms with Crippen LogP contribution in [0.3, 0.4) is 0 Å². The number of thioether (sulfide) groups is 1. The van der Waals surface area contributed by atoms with E-state index in [1.807, 2.05) is 24.3 Å². The average molecular weight is 500 g/mol. The molecule has 0 bridgehead atoms. The highest BCUT2D eigenvalue weighted by atomic mass is 32.2. The predicted molar refractivity (Wildman–Crippen MR) is 140 cm³/mol. The fraction of sp³-hybridized carbons (Fsp3) is 0.423. The number of benzene rings is 2. The Bertz CT molecular complexity index is 1060. The van der Waals surface area contributed by atoms with E-state index >= 15 is 0 Å². The van der Waals surface area contributed by atoms with Gasteiger partial charge in [0.15, 0.2) is 5.17 Å². The van der Waals surface area contributed by atoms with Crippen LogP contribution in [0.25, 0.3) is 0 Å². The number of rotatable bonds is 11. The first-order valence-electron chi connectivity index (χ1n) is 11.5. The van der Waals surface area contributed by atoms with Crippen molar-refractivity contribution >= 4 is 40.1 Å². The third-order valence-corrected chi connectivity index (χ3v) is 6.76. The Morgan fingerprint density at radius 3 is 2.49 bits per heavy atom. The topological polar surface area (TPSA) is 89.5 Å². The minimum absolute atomic E-state index is 0.0186. The van der Waals surface area contributed by atoms with Gasteiger partial charge in [-0.15, -0.1) is 0 Å². The second-order valence-electron chi connectivity index (χ2n) is 8.40. The first-order valence-corrected chi connectivity index (χ1v) is 12.4. The monoisotopic (exact) mass is 499 g/mol. The predicted octanol–water partition coefficient (Wildman–Crippen LogP) is 4.82. The van der Waals surface area contributed by atoms with Crippen LogP contribution < -0.4 is 14.8 Å². The molecular weight excluding hydrogens is 466 g/mol. The number of anilines is 1. The van der Waals surface area contributed by atoms with E-state index in [4.69, 9.17) is 19.2 Å². The number of ether oxygens (including phenoxy) is 3. The summed E-state index contributed by atoms with van der Waals surface area (Å²) in [6, 6.07) is 13.2. The minimum Gasteiger partial charge on any atom is -0.497 e. The third-order valence-electron chi connectivity index (χ3n) is 5.59. The highest BCUT2D eigenvalue weighted by Gasteiger charge is 2.39. The summed E-state index contributed by atoms with van der Waals surface area (Å²) < 4.78 is 15.7. The second-order valence-corrected chi connectivity index (χ2v) is 9.57. The summed E-state index contributed by atoms with van der Waals surface area (Å²) in [6.45, 7) is 5.29. The van der Waals surface area contributed by atoms with Crippen molar-refractivity contribution in [3.05, 3.63) is 48.0 Å². The molecule has 1 unspecified atom stereocenters. The van der Waals surface area contributed by atoms with Crippen LogP contribution in [0.5, 0.6) is 11.5 Å². The number of aliphatic imine (C=N–C) groups is 1. The van der Waals surface area contributed by atoms with Crippen molar-refractivity contribution in [1.29, 1.82) is 0 Å². The quantitative estimate of drug-likeness (QED) is 0.446. The van der Waals surface area contributed by atoms with Crippen LogP contribution in [0, 0.1) is 0 Å². The molecule has 1 aliphatic heterocycles. The zero-order valence-electron chi connectivity index (χ0n) is 20.9. The van der Waals surface area contributed by atoms with Crippen LogP contribution in [-0.4, -0.2) is 61.6 Å². The van der Waals surface area contributed by atoms with Gasteiger partial charge in [-0.25, -0.2) is 4.99 Å². The van der Waals surface area contributed by atoms with E-state index in [-0.39, 0.29) is 18.2 Å². The molecule has 2 aromatic carbocycles. The molecule has 8 nitrogen and oxygen atoms in total. The van der Waals surface area contributed by atoms with Gasteiger partial charge in [-0.2, -0.15) is 0 Å². The van der Waals surface area contributed by atoms with Crippen molar-refractivity contribution < 1.29 is 23.8 Å². The maximum absolute atomic E-state index is 13.2. The SMILES string of the molecule is COCCCN1C(=O)C(CC(=O)Nc2ccc(OC)cc2OC)SC1=Nc1ccc(C(C)C)cc1. The summed E-state index contributed by atoms with van der Waals surface area (Å²) in [6.07, 6.45) is 0.695. The fourth-order valence-electron chi connectivity index (χ4n) is 3.61. The molecule has 0 radical (unpaired) electrons. The number of nitrogens with one attached hydrogen (secondary N) is 1. The van der Waals surface area contributed by atoms with E-state index in [0.717, 1.165) is 5.69 Å². The van der Waals surface area contributed by atoms with Gasteiger partial charge in [0.2, 0.25) is 11.8 Å². The van der Waals surface area contributed by atoms with Crippen molar-refractivity contribution in [3.63, 3.8) is 0 Å². The Morgan fingerprint density at radius 2 is 1.86 bits per heavy atom. The normalized spacial score (nSPS) is 16.7. The van der Waals surface area contributed by atoms with Crippen molar-refractivity contribution in [2.75, 3.05) is 39.8 Å². The molecule has 1 atom stereocenters. The Morgan fingerprint density at radius 1 is 1.11 bits per heavy atom. The van der Waals surface area contributed by atoms with Crippen LogP contribution in [0.1, 0.15) is 38.2 Å². The highest BCUT2D eigenvalue weighted by Crippen LogP contribution is 2.33. The smallest absolute Gasteiger partial charge is 0.242 e. The van der Waals surface area contributed by atoms with E-state index in [1.54, 1.807) is 37.3 Å². The second kappa shape index (κ2) is 12.6. The van der Waals surface area contributed by atoms with E-state index in [2.05, 4.69) is 19.2 Å². The van der Waals surface area contributed by atoms with Crippen LogP contribution in [0.2, 0.25) is 0 Å². The lowest BCUT2D eigenvalue weighted by Gasteiger charge is -2.16. The van der Waals surface area contributed by atoms with E-state index in [0.29, 0.717) is 47.8 Å². The molecule has 0 saturated carbocycles. The lowest BCUT2D eigenvalue weighted by atomic mass is 10.0. The van der Waals surface area contributed by atoms with Gasteiger partial charge in [-0.3, -0.25) is 14.5 Å². The minimum atomic E-state index is -0.560. The first kappa shape index (κ1) is 26.6. The van der Waals surface area contributed by atoms with Gasteiger partial charge in [0.25, 0.3) is 0 Å². The number of carbonyl (C=O) groups is 2. The van der Waals surface area contributed by atoms with Gasteiger partial charge < -0.3 is 19.5 Å². The van der Waals surface area contributed by atoms with Gasteiger partial charge in [0.1, 0.15) is 16.7 Å². The first-order chi connectivity index (χ1) is 16.9. The molecule has 1 heterocycles. The van der Waals surface area contributed by atoms with Crippen LogP contribution in [0.15, 0.2) is 47.5 Å². The standard InChI is InChI=1S/C26H33N3O5S/c1-17(2)18-7-9-19(10-8-18)27-26-29(13-6-14-32-3)25(31)23(35-26)16-24(30)28-21-12-11-20(33-4)15-22(21)34-5/h7-12,15,17,23H,6,13-14,16H2,1-5H3,(H,28,30). The Hall–Kier alpha value is -3.04. The summed E-state index contributed by atoms with van der Waals surface area (Å²) in [4.78, 5) is 32.4. The summed E-state index contributed by atoms with van der Waals surface area (Å²) in [5.74, 6) is 1.13. The largest absolute Gasteiger partial charge is 0.497 e. The van der Waals surface area contributed by atoms with Crippen molar-refractivity contribution in [2.24, 2.45) is 4.99 Å². The lowest BCUT2D eigenvalue weighted by Crippen LogP contribution is -2.34. The number of amidine groups is 1. The number of methoxy groups -OCH3 is 3. The lowest BCUT2D eigenvalue weighted by molar-refractivity contribution is -0.128. The molecule has 1 fully saturated rings. The fourth-order valence-corrected chi connectivity index (χ4v) is 4.80. The zero-order valence-corrected chi connectivity index (χ0v) is 21.7. The van der Waals surface area contributed by atoms with Gasteiger partial charge >= 0.3 is 0 Å². The van der Waals surface area contributed by atoms with Crippen LogP contribution >= 0.6 is 11.8 Å². The highest BCUT2D eigenvalue weighted by molar-refractivity contribution is 8.15. The molecule has 0 aromatic heterocycles. The molecule has 35 heavy (non-hydrogen) atoms. The molecule has 3 rings (SSSR count). The molecule has 1 saturated heterocycles. The molecule has 2 aromatic rings. The molecular formula is C26H33N3O5S. The van der Waals surface area contributed by atoms with E-state index < -0.39 is 5.25 Å². The molecule has 2 amide bonds. The van der Waals surface area contributed by atoms with Gasteiger partial charge in [0.05, 0.1) is 25.6 Å². The summed E-state index contributed by atoms with van der Waals surface area (Å²) in [7, 11) is 4.72. The third kappa shape index (κ3) is 6.99. The number of hydrogen-bond acceptors (Lipinski definition) is 7. The number of hydrogen-bond donors (Lipinski definition) is 1. The summed E-state index contributed by atoms with van der Waals surface area (Å²) in [5.41, 5.74) is 2.52.